The molecule has 4 N–H and O–H groups in total. The summed E-state index contributed by atoms with van der Waals surface area (Å²) in [5, 5.41) is 34.2. The highest BCUT2D eigenvalue weighted by Gasteiger charge is 2.35. The van der Waals surface area contributed by atoms with E-state index in [1.807, 2.05) is 19.9 Å². The molecule has 3 atom stereocenters. The Balaban J connectivity index is 1.93. The van der Waals surface area contributed by atoms with Gasteiger partial charge in [0.05, 0.1) is 23.3 Å². The normalized spacial score (nSPS) is 18.7. The predicted octanol–water partition coefficient (Wildman–Crippen LogP) is 2.75. The molecule has 0 heterocycles. The lowest BCUT2D eigenvalue weighted by Gasteiger charge is -2.31. The molecule has 222 valence electrons. The zero-order valence-corrected chi connectivity index (χ0v) is 24.7. The summed E-state index contributed by atoms with van der Waals surface area (Å²) in [5.41, 5.74) is 1.87. The van der Waals surface area contributed by atoms with Gasteiger partial charge in [-0.25, -0.2) is 21.6 Å². The van der Waals surface area contributed by atoms with Crippen LogP contribution in [0.4, 0.5) is 0 Å². The number of benzene rings is 2. The smallest absolute Gasteiger partial charge is 0.243 e. The van der Waals surface area contributed by atoms with Crippen LogP contribution in [0.15, 0.2) is 93.6 Å². The molecular formula is C28H36N4O7S2. The number of hydrogen-bond acceptors (Lipinski definition) is 9. The molecule has 1 aliphatic rings. The summed E-state index contributed by atoms with van der Waals surface area (Å²) in [6.45, 7) is 5.00. The van der Waals surface area contributed by atoms with Crippen LogP contribution < -0.4 is 4.72 Å². The molecule has 0 aromatic heterocycles. The Morgan fingerprint density at radius 2 is 1.66 bits per heavy atom. The maximum Gasteiger partial charge on any atom is 0.243 e. The van der Waals surface area contributed by atoms with Gasteiger partial charge in [-0.2, -0.15) is 4.31 Å². The number of sulfonamides is 2. The first kappa shape index (κ1) is 32.2. The fourth-order valence-corrected chi connectivity index (χ4v) is 7.75. The van der Waals surface area contributed by atoms with Crippen LogP contribution in [0.3, 0.4) is 0 Å². The van der Waals surface area contributed by atoms with Gasteiger partial charge in [0, 0.05) is 13.1 Å². The Bertz CT molecular complexity index is 1500. The van der Waals surface area contributed by atoms with Crippen molar-refractivity contribution in [2.75, 3.05) is 13.1 Å². The third-order valence-corrected chi connectivity index (χ3v) is 10.2. The van der Waals surface area contributed by atoms with Gasteiger partial charge in [0.1, 0.15) is 11.0 Å². The van der Waals surface area contributed by atoms with Gasteiger partial charge in [-0.05, 0) is 60.2 Å². The summed E-state index contributed by atoms with van der Waals surface area (Å²) in [6, 6.07) is 13.7. The van der Waals surface area contributed by atoms with E-state index in [1.165, 1.54) is 48.7 Å². The lowest BCUT2D eigenvalue weighted by atomic mass is 10.0. The fourth-order valence-electron chi connectivity index (χ4n) is 4.48. The van der Waals surface area contributed by atoms with E-state index < -0.39 is 37.4 Å². The molecule has 0 fully saturated rings. The lowest BCUT2D eigenvalue weighted by molar-refractivity contribution is 0.110. The van der Waals surface area contributed by atoms with E-state index in [1.54, 1.807) is 31.2 Å². The van der Waals surface area contributed by atoms with E-state index in [0.29, 0.717) is 11.1 Å². The summed E-state index contributed by atoms with van der Waals surface area (Å²) >= 11 is 0. The minimum Gasteiger partial charge on any atom is -0.411 e. The van der Waals surface area contributed by atoms with Crippen molar-refractivity contribution in [1.29, 1.82) is 0 Å². The second kappa shape index (κ2) is 14.0. The minimum absolute atomic E-state index is 0.0184. The molecule has 2 aromatic carbocycles. The van der Waals surface area contributed by atoms with Gasteiger partial charge in [0.25, 0.3) is 0 Å². The average molecular weight is 605 g/mol. The third-order valence-electron chi connectivity index (χ3n) is 6.48. The Morgan fingerprint density at radius 3 is 2.22 bits per heavy atom. The molecule has 0 aliphatic heterocycles. The Morgan fingerprint density at radius 1 is 1.00 bits per heavy atom. The second-order valence-corrected chi connectivity index (χ2v) is 14.0. The zero-order valence-electron chi connectivity index (χ0n) is 23.1. The number of aliphatic hydroxyl groups is 1. The van der Waals surface area contributed by atoms with Gasteiger partial charge in [-0.1, -0.05) is 72.7 Å². The molecule has 13 heteroatoms. The zero-order chi connectivity index (χ0) is 30.2. The summed E-state index contributed by atoms with van der Waals surface area (Å²) in [4.78, 5) is -0.0184. The first-order chi connectivity index (χ1) is 19.4. The fraction of sp³-hybridized carbons (Fsp3) is 0.357. The highest BCUT2D eigenvalue weighted by atomic mass is 32.2. The molecule has 0 saturated heterocycles. The van der Waals surface area contributed by atoms with E-state index in [9.17, 15) is 21.9 Å². The summed E-state index contributed by atoms with van der Waals surface area (Å²) in [6.07, 6.45) is 4.08. The van der Waals surface area contributed by atoms with Gasteiger partial charge in [0.2, 0.25) is 20.0 Å². The standard InChI is InChI=1S/C28H36N4O7S2/c1-20(2)18-32(41(38,39)25-12-9-23(10-13-25)17-29-34)19-27(33)26(16-22-7-5-4-6-8-22)31-40(36,37)28-14-11-24(30-35)15-21(28)3/h4-15,17,20,26-28,31,33-35H,16,18-19H2,1-3H3/b29-17+,30-24+/t26-,27+,28?/m0/s1. The number of oxime groups is 2. The number of aliphatic hydroxyl groups excluding tert-OH is 1. The van der Waals surface area contributed by atoms with Crippen LogP contribution in [-0.2, 0) is 26.5 Å². The van der Waals surface area contributed by atoms with Crippen LogP contribution in [0.2, 0.25) is 0 Å². The van der Waals surface area contributed by atoms with Crippen LogP contribution >= 0.6 is 0 Å². The SMILES string of the molecule is CC1=C/C(=N/O)C=CC1S(=O)(=O)N[C@@H](Cc1ccccc1)[C@H](O)CN(CC(C)C)S(=O)(=O)c1ccc(/C=N/O)cc1. The van der Waals surface area contributed by atoms with Crippen molar-refractivity contribution >= 4 is 32.0 Å². The summed E-state index contributed by atoms with van der Waals surface area (Å²) in [5.74, 6) is -0.0930. The number of rotatable bonds is 13. The van der Waals surface area contributed by atoms with Gasteiger partial charge in [0.15, 0.2) is 0 Å². The van der Waals surface area contributed by atoms with E-state index in [4.69, 9.17) is 10.4 Å². The molecule has 1 aliphatic carbocycles. The molecule has 41 heavy (non-hydrogen) atoms. The quantitative estimate of drug-likeness (QED) is 0.155. The van der Waals surface area contributed by atoms with E-state index in [0.717, 1.165) is 9.87 Å². The molecule has 0 bridgehead atoms. The predicted molar refractivity (Wildman–Crippen MR) is 157 cm³/mol. The molecule has 2 aromatic rings. The van der Waals surface area contributed by atoms with Crippen molar-refractivity contribution in [2.45, 2.75) is 49.5 Å². The van der Waals surface area contributed by atoms with Crippen molar-refractivity contribution < 1.29 is 32.4 Å². The highest BCUT2D eigenvalue weighted by molar-refractivity contribution is 7.90. The molecule has 3 rings (SSSR count). The highest BCUT2D eigenvalue weighted by Crippen LogP contribution is 2.22. The molecule has 0 radical (unpaired) electrons. The molecule has 0 saturated carbocycles. The minimum atomic E-state index is -4.09. The molecule has 0 spiro atoms. The maximum atomic E-state index is 13.6. The molecule has 11 nitrogen and oxygen atoms in total. The Hall–Kier alpha value is -3.36. The topological polar surface area (TPSA) is 169 Å². The van der Waals surface area contributed by atoms with E-state index >= 15 is 0 Å². The number of allylic oxidation sites excluding steroid dienone is 2. The Kier molecular flexibility index (Phi) is 11.0. The van der Waals surface area contributed by atoms with E-state index in [2.05, 4.69) is 15.0 Å². The monoisotopic (exact) mass is 604 g/mol. The van der Waals surface area contributed by atoms with Crippen molar-refractivity contribution in [1.82, 2.24) is 9.03 Å². The molecule has 1 unspecified atom stereocenters. The number of nitrogens with zero attached hydrogens (tertiary/aromatic N) is 3. The second-order valence-electron chi connectivity index (χ2n) is 10.2. The number of hydrogen-bond donors (Lipinski definition) is 4. The van der Waals surface area contributed by atoms with Crippen molar-refractivity contribution in [3.63, 3.8) is 0 Å². The van der Waals surface area contributed by atoms with Gasteiger partial charge in [-0.15, -0.1) is 0 Å². The lowest BCUT2D eigenvalue weighted by Crippen LogP contribution is -2.52. The van der Waals surface area contributed by atoms with Crippen molar-refractivity contribution in [3.05, 3.63) is 89.5 Å². The Labute approximate surface area is 241 Å². The van der Waals surface area contributed by atoms with Crippen LogP contribution in [0.1, 0.15) is 31.9 Å². The summed E-state index contributed by atoms with van der Waals surface area (Å²) < 4.78 is 58.0. The maximum absolute atomic E-state index is 13.6. The first-order valence-corrected chi connectivity index (χ1v) is 15.9. The van der Waals surface area contributed by atoms with Gasteiger partial charge < -0.3 is 15.5 Å². The van der Waals surface area contributed by atoms with Crippen LogP contribution in [0, 0.1) is 5.92 Å². The van der Waals surface area contributed by atoms with Crippen molar-refractivity contribution in [3.8, 4) is 0 Å². The first-order valence-electron chi connectivity index (χ1n) is 13.0. The third kappa shape index (κ3) is 8.57. The largest absolute Gasteiger partial charge is 0.411 e. The molecular weight excluding hydrogens is 568 g/mol. The average Bonchev–Trinajstić information content (AvgIpc) is 2.92. The van der Waals surface area contributed by atoms with E-state index in [-0.39, 0.29) is 36.0 Å². The number of nitrogens with one attached hydrogen (secondary N) is 1. The van der Waals surface area contributed by atoms with Crippen molar-refractivity contribution in [2.24, 2.45) is 16.2 Å². The molecule has 0 amide bonds. The van der Waals surface area contributed by atoms with Crippen LogP contribution in [0.25, 0.3) is 0 Å². The van der Waals surface area contributed by atoms with Gasteiger partial charge >= 0.3 is 0 Å². The summed E-state index contributed by atoms with van der Waals surface area (Å²) in [7, 11) is -8.17. The van der Waals surface area contributed by atoms with Crippen LogP contribution in [-0.4, -0.2) is 79.1 Å². The van der Waals surface area contributed by atoms with Crippen LogP contribution in [0.5, 0.6) is 0 Å². The van der Waals surface area contributed by atoms with Gasteiger partial charge in [-0.3, -0.25) is 0 Å².